The molecule has 0 aromatic heterocycles. The quantitative estimate of drug-likeness (QED) is 0.443. The molecular weight excluding hydrogens is 112 g/mol. The summed E-state index contributed by atoms with van der Waals surface area (Å²) < 4.78 is 0. The van der Waals surface area contributed by atoms with Gasteiger partial charge in [0.15, 0.2) is 0 Å². The Morgan fingerprint density at radius 1 is 1.22 bits per heavy atom. The molecule has 1 heteroatoms. The lowest BCUT2D eigenvalue weighted by Gasteiger charge is -1.83. The van der Waals surface area contributed by atoms with E-state index < -0.39 is 0 Å². The number of aliphatic hydroxyl groups is 1. The third kappa shape index (κ3) is 4.88. The topological polar surface area (TPSA) is 20.2 Å². The van der Waals surface area contributed by atoms with Gasteiger partial charge in [-0.3, -0.25) is 0 Å². The van der Waals surface area contributed by atoms with E-state index >= 15 is 0 Å². The summed E-state index contributed by atoms with van der Waals surface area (Å²) in [6, 6.07) is 0. The largest absolute Gasteiger partial charge is 0.508 e. The van der Waals surface area contributed by atoms with Gasteiger partial charge in [0.25, 0.3) is 0 Å². The molecule has 1 N–H and O–H groups in total. The minimum atomic E-state index is 0.288. The second kappa shape index (κ2) is 5.16. The maximum Gasteiger partial charge on any atom is 0.115 e. The van der Waals surface area contributed by atoms with Crippen LogP contribution < -0.4 is 0 Å². The van der Waals surface area contributed by atoms with Crippen LogP contribution in [0.3, 0.4) is 0 Å². The highest BCUT2D eigenvalue weighted by atomic mass is 16.3. The van der Waals surface area contributed by atoms with Crippen LogP contribution in [0.2, 0.25) is 0 Å². The van der Waals surface area contributed by atoms with Crippen LogP contribution in [0.1, 0.15) is 13.8 Å². The van der Waals surface area contributed by atoms with Crippen LogP contribution >= 0.6 is 0 Å². The molecule has 0 saturated carbocycles. The minimum Gasteiger partial charge on any atom is -0.508 e. The lowest BCUT2D eigenvalue weighted by Crippen LogP contribution is -1.68. The Kier molecular flexibility index (Phi) is 4.60. The first kappa shape index (κ1) is 8.02. The predicted molar refractivity (Wildman–Crippen MR) is 40.3 cm³/mol. The molecule has 0 heterocycles. The smallest absolute Gasteiger partial charge is 0.115 e. The summed E-state index contributed by atoms with van der Waals surface area (Å²) in [6.07, 6.45) is 8.71. The van der Waals surface area contributed by atoms with Crippen molar-refractivity contribution in [3.63, 3.8) is 0 Å². The van der Waals surface area contributed by atoms with Crippen molar-refractivity contribution >= 4 is 0 Å². The SMILES string of the molecule is C/C=C/C=C(O)\C=C\C. The lowest BCUT2D eigenvalue weighted by atomic mass is 10.4. The molecule has 0 radical (unpaired) electrons. The third-order valence-corrected chi connectivity index (χ3v) is 0.797. The van der Waals surface area contributed by atoms with Crippen molar-refractivity contribution in [2.45, 2.75) is 13.8 Å². The fraction of sp³-hybridized carbons (Fsp3) is 0.250. The van der Waals surface area contributed by atoms with Gasteiger partial charge in [-0.15, -0.1) is 0 Å². The van der Waals surface area contributed by atoms with Crippen LogP contribution in [-0.4, -0.2) is 5.11 Å². The van der Waals surface area contributed by atoms with Crippen LogP contribution in [0, 0.1) is 0 Å². The van der Waals surface area contributed by atoms with E-state index in [1.54, 1.807) is 24.3 Å². The first-order valence-electron chi connectivity index (χ1n) is 2.96. The van der Waals surface area contributed by atoms with E-state index in [0.29, 0.717) is 0 Å². The Labute approximate surface area is 56.0 Å². The van der Waals surface area contributed by atoms with Gasteiger partial charge in [0.1, 0.15) is 5.76 Å². The molecule has 0 fully saturated rings. The van der Waals surface area contributed by atoms with Gasteiger partial charge in [0.05, 0.1) is 0 Å². The number of aliphatic hydroxyl groups excluding tert-OH is 1. The molecule has 1 nitrogen and oxygen atoms in total. The number of allylic oxidation sites excluding steroid dienone is 5. The standard InChI is InChI=1S/C8H12O/c1-3-5-7-8(9)6-4-2/h3-7,9H,1-2H3/b5-3+,6-4+,8-7+. The van der Waals surface area contributed by atoms with Crippen molar-refractivity contribution in [3.8, 4) is 0 Å². The van der Waals surface area contributed by atoms with Gasteiger partial charge in [-0.05, 0) is 26.0 Å². The van der Waals surface area contributed by atoms with E-state index in [-0.39, 0.29) is 5.76 Å². The average Bonchev–Trinajstić information content (AvgIpc) is 1.85. The van der Waals surface area contributed by atoms with E-state index in [9.17, 15) is 0 Å². The molecule has 0 bridgehead atoms. The molecule has 9 heavy (non-hydrogen) atoms. The molecule has 0 aliphatic heterocycles. The van der Waals surface area contributed by atoms with Crippen LogP contribution in [0.15, 0.2) is 36.1 Å². The fourth-order valence-electron chi connectivity index (χ4n) is 0.421. The highest BCUT2D eigenvalue weighted by Crippen LogP contribution is 1.90. The zero-order valence-corrected chi connectivity index (χ0v) is 5.83. The van der Waals surface area contributed by atoms with E-state index in [1.165, 1.54) is 0 Å². The molecule has 0 aromatic carbocycles. The fourth-order valence-corrected chi connectivity index (χ4v) is 0.421. The van der Waals surface area contributed by atoms with Crippen LogP contribution in [0.25, 0.3) is 0 Å². The first-order valence-corrected chi connectivity index (χ1v) is 2.96. The molecule has 0 saturated heterocycles. The van der Waals surface area contributed by atoms with Crippen LogP contribution in [0.5, 0.6) is 0 Å². The maximum atomic E-state index is 8.90. The van der Waals surface area contributed by atoms with E-state index in [1.807, 2.05) is 19.9 Å². The second-order valence-corrected chi connectivity index (χ2v) is 1.62. The molecule has 0 spiro atoms. The Morgan fingerprint density at radius 2 is 1.89 bits per heavy atom. The molecule has 0 aromatic rings. The molecule has 0 aliphatic rings. The average molecular weight is 124 g/mol. The molecular formula is C8H12O. The normalized spacial score (nSPS) is 13.8. The van der Waals surface area contributed by atoms with E-state index in [2.05, 4.69) is 0 Å². The number of rotatable bonds is 2. The third-order valence-electron chi connectivity index (χ3n) is 0.797. The Bertz CT molecular complexity index is 141. The van der Waals surface area contributed by atoms with Gasteiger partial charge < -0.3 is 5.11 Å². The zero-order valence-electron chi connectivity index (χ0n) is 5.83. The summed E-state index contributed by atoms with van der Waals surface area (Å²) in [5.74, 6) is 0.288. The Hall–Kier alpha value is -0.980. The van der Waals surface area contributed by atoms with E-state index in [0.717, 1.165) is 0 Å². The molecule has 0 aliphatic carbocycles. The molecule has 0 atom stereocenters. The van der Waals surface area contributed by atoms with Crippen LogP contribution in [0.4, 0.5) is 0 Å². The second-order valence-electron chi connectivity index (χ2n) is 1.62. The highest BCUT2D eigenvalue weighted by molar-refractivity contribution is 5.15. The van der Waals surface area contributed by atoms with Gasteiger partial charge in [-0.2, -0.15) is 0 Å². The number of hydrogen-bond acceptors (Lipinski definition) is 1. The van der Waals surface area contributed by atoms with Gasteiger partial charge in [0.2, 0.25) is 0 Å². The maximum absolute atomic E-state index is 8.90. The Morgan fingerprint density at radius 3 is 2.33 bits per heavy atom. The van der Waals surface area contributed by atoms with Gasteiger partial charge in [0, 0.05) is 0 Å². The van der Waals surface area contributed by atoms with Crippen LogP contribution in [-0.2, 0) is 0 Å². The molecule has 0 amide bonds. The monoisotopic (exact) mass is 124 g/mol. The van der Waals surface area contributed by atoms with Crippen molar-refractivity contribution in [2.75, 3.05) is 0 Å². The Balaban J connectivity index is 3.84. The summed E-state index contributed by atoms with van der Waals surface area (Å²) in [5, 5.41) is 8.90. The van der Waals surface area contributed by atoms with E-state index in [4.69, 9.17) is 5.11 Å². The highest BCUT2D eigenvalue weighted by Gasteiger charge is 1.75. The summed E-state index contributed by atoms with van der Waals surface area (Å²) >= 11 is 0. The van der Waals surface area contributed by atoms with Crippen molar-refractivity contribution in [1.29, 1.82) is 0 Å². The van der Waals surface area contributed by atoms with Gasteiger partial charge in [-0.1, -0.05) is 18.2 Å². The van der Waals surface area contributed by atoms with Crippen molar-refractivity contribution in [2.24, 2.45) is 0 Å². The summed E-state index contributed by atoms with van der Waals surface area (Å²) in [4.78, 5) is 0. The summed E-state index contributed by atoms with van der Waals surface area (Å²) in [5.41, 5.74) is 0. The number of hydrogen-bond donors (Lipinski definition) is 1. The molecule has 50 valence electrons. The van der Waals surface area contributed by atoms with Crippen molar-refractivity contribution in [1.82, 2.24) is 0 Å². The first-order chi connectivity index (χ1) is 4.31. The predicted octanol–water partition coefficient (Wildman–Crippen LogP) is 2.58. The summed E-state index contributed by atoms with van der Waals surface area (Å²) in [6.45, 7) is 3.76. The zero-order chi connectivity index (χ0) is 7.11. The lowest BCUT2D eigenvalue weighted by molar-refractivity contribution is 0.432. The summed E-state index contributed by atoms with van der Waals surface area (Å²) in [7, 11) is 0. The van der Waals surface area contributed by atoms with Crippen molar-refractivity contribution in [3.05, 3.63) is 36.1 Å². The van der Waals surface area contributed by atoms with Gasteiger partial charge in [-0.25, -0.2) is 0 Å². The molecule has 0 unspecified atom stereocenters. The van der Waals surface area contributed by atoms with Crippen molar-refractivity contribution < 1.29 is 5.11 Å². The molecule has 0 rings (SSSR count). The minimum absolute atomic E-state index is 0.288. The van der Waals surface area contributed by atoms with Gasteiger partial charge >= 0.3 is 0 Å².